The van der Waals surface area contributed by atoms with Crippen LogP contribution in [0.5, 0.6) is 0 Å². The molecule has 0 unspecified atom stereocenters. The number of halogens is 3. The monoisotopic (exact) mass is 334 g/mol. The van der Waals surface area contributed by atoms with Crippen LogP contribution in [0.3, 0.4) is 0 Å². The summed E-state index contributed by atoms with van der Waals surface area (Å²) in [6.45, 7) is 0.0331. The molecule has 0 bridgehead atoms. The van der Waals surface area contributed by atoms with Crippen molar-refractivity contribution >= 4 is 11.9 Å². The van der Waals surface area contributed by atoms with Crippen molar-refractivity contribution < 1.29 is 27.5 Å². The Balaban J connectivity index is 1.96. The molecule has 3 nitrogen and oxygen atoms in total. The highest BCUT2D eigenvalue weighted by Gasteiger charge is 2.15. The minimum absolute atomic E-state index is 0.0331. The summed E-state index contributed by atoms with van der Waals surface area (Å²) in [5.74, 6) is -2.73. The van der Waals surface area contributed by atoms with Crippen molar-refractivity contribution in [1.29, 1.82) is 0 Å². The van der Waals surface area contributed by atoms with Crippen molar-refractivity contribution in [1.82, 2.24) is 0 Å². The number of carbonyl (C=O) groups excluding carboxylic acids is 2. The Labute approximate surface area is 136 Å². The highest BCUT2D eigenvalue weighted by Crippen LogP contribution is 2.18. The molecule has 0 amide bonds. The maximum absolute atomic E-state index is 13.6. The lowest BCUT2D eigenvalue weighted by molar-refractivity contribution is -0.144. The first-order valence-electron chi connectivity index (χ1n) is 7.05. The van der Waals surface area contributed by atoms with Crippen molar-refractivity contribution in [3.63, 3.8) is 0 Å². The molecule has 0 aliphatic heterocycles. The maximum Gasteiger partial charge on any atom is 0.311 e. The number of ether oxygens (including phenoxy) is 1. The van der Waals surface area contributed by atoms with E-state index in [2.05, 4.69) is 0 Å². The van der Waals surface area contributed by atoms with Crippen molar-refractivity contribution in [2.24, 2.45) is 0 Å². The van der Waals surface area contributed by atoms with Crippen LogP contribution in [0, 0.1) is 17.5 Å². The second-order valence-corrected chi connectivity index (χ2v) is 5.06. The molecule has 0 N–H and O–H groups in total. The number of hydrogen-bond donors (Lipinski definition) is 0. The molecule has 2 aromatic carbocycles. The lowest BCUT2D eigenvalue weighted by atomic mass is 10.0. The van der Waals surface area contributed by atoms with Gasteiger partial charge in [-0.15, -0.1) is 0 Å². The van der Waals surface area contributed by atoms with E-state index in [-0.39, 0.29) is 24.2 Å². The third-order valence-electron chi connectivity index (χ3n) is 3.24. The molecule has 0 saturated carbocycles. The van der Waals surface area contributed by atoms with E-state index < -0.39 is 29.8 Å². The largest absolute Gasteiger partial charge is 0.461 e. The molecule has 0 atom stereocenters. The fourth-order valence-electron chi connectivity index (χ4n) is 2.03. The van der Waals surface area contributed by atoms with Crippen molar-refractivity contribution in [2.45, 2.75) is 19.4 Å². The van der Waals surface area contributed by atoms with Crippen LogP contribution in [0.4, 0.5) is 13.2 Å². The maximum atomic E-state index is 13.6. The summed E-state index contributed by atoms with van der Waals surface area (Å²) >= 11 is 0. The molecule has 6 heteroatoms. The minimum atomic E-state index is -1.32. The fourth-order valence-corrected chi connectivity index (χ4v) is 2.03. The summed E-state index contributed by atoms with van der Waals surface area (Å²) < 4.78 is 44.6. The summed E-state index contributed by atoms with van der Waals surface area (Å²) in [5, 5.41) is 0. The van der Waals surface area contributed by atoms with Crippen LogP contribution in [0.1, 0.15) is 17.5 Å². The van der Waals surface area contributed by atoms with Gasteiger partial charge in [-0.05, 0) is 17.2 Å². The van der Waals surface area contributed by atoms with Gasteiger partial charge in [-0.3, -0.25) is 4.79 Å². The van der Waals surface area contributed by atoms with E-state index in [1.807, 2.05) is 6.07 Å². The van der Waals surface area contributed by atoms with Crippen molar-refractivity contribution in [2.75, 3.05) is 0 Å². The lowest BCUT2D eigenvalue weighted by Crippen LogP contribution is -2.08. The molecule has 124 valence electrons. The van der Waals surface area contributed by atoms with Gasteiger partial charge in [0.25, 0.3) is 0 Å². The average Bonchev–Trinajstić information content (AvgIpc) is 2.58. The summed E-state index contributed by atoms with van der Waals surface area (Å²) in [6, 6.07) is 9.95. The molecule has 0 spiro atoms. The number of esters is 1. The van der Waals surface area contributed by atoms with E-state index in [0.717, 1.165) is 5.56 Å². The van der Waals surface area contributed by atoms with Crippen LogP contribution in [0.2, 0.25) is 0 Å². The van der Waals surface area contributed by atoms with Gasteiger partial charge in [0.2, 0.25) is 0 Å². The number of hydrogen-bond acceptors (Lipinski definition) is 3. The smallest absolute Gasteiger partial charge is 0.311 e. The quantitative estimate of drug-likeness (QED) is 0.461. The van der Waals surface area contributed by atoms with Crippen LogP contribution in [0.15, 0.2) is 48.0 Å². The van der Waals surface area contributed by atoms with Gasteiger partial charge < -0.3 is 4.74 Å². The van der Waals surface area contributed by atoms with E-state index in [4.69, 9.17) is 4.74 Å². The van der Waals surface area contributed by atoms with Gasteiger partial charge in [0.15, 0.2) is 11.6 Å². The third-order valence-corrected chi connectivity index (χ3v) is 3.24. The number of rotatable bonds is 6. The fraction of sp³-hybridized carbons (Fsp3) is 0.167. The predicted octanol–water partition coefficient (Wildman–Crippen LogP) is 3.54. The molecule has 24 heavy (non-hydrogen) atoms. The highest BCUT2D eigenvalue weighted by molar-refractivity contribution is 5.76. The van der Waals surface area contributed by atoms with Crippen LogP contribution in [-0.2, 0) is 27.4 Å². The van der Waals surface area contributed by atoms with Crippen LogP contribution >= 0.6 is 0 Å². The Morgan fingerprint density at radius 3 is 2.33 bits per heavy atom. The zero-order valence-electron chi connectivity index (χ0n) is 12.5. The summed E-state index contributed by atoms with van der Waals surface area (Å²) in [6.07, 6.45) is -0.762. The minimum Gasteiger partial charge on any atom is -0.461 e. The molecule has 0 aliphatic rings. The first-order valence-corrected chi connectivity index (χ1v) is 7.05. The van der Waals surface area contributed by atoms with Crippen LogP contribution < -0.4 is 0 Å². The van der Waals surface area contributed by atoms with E-state index >= 15 is 0 Å². The van der Waals surface area contributed by atoms with Gasteiger partial charge in [-0.2, -0.15) is 0 Å². The van der Waals surface area contributed by atoms with Gasteiger partial charge in [-0.25, -0.2) is 18.0 Å². The number of carbonyl (C=O) groups is 1. The first kappa shape index (κ1) is 17.5. The summed E-state index contributed by atoms with van der Waals surface area (Å²) in [4.78, 5) is 22.7. The average molecular weight is 334 g/mol. The molecule has 0 heterocycles. The van der Waals surface area contributed by atoms with Crippen LogP contribution in [0.25, 0.3) is 0 Å². The van der Waals surface area contributed by atoms with E-state index in [1.54, 1.807) is 24.3 Å². The molecule has 0 aliphatic carbocycles. The zero-order chi connectivity index (χ0) is 17.5. The Kier molecular flexibility index (Phi) is 5.93. The molecule has 0 aromatic heterocycles. The normalized spacial score (nSPS) is 10.1. The Morgan fingerprint density at radius 2 is 1.67 bits per heavy atom. The molecule has 0 radical (unpaired) electrons. The molecule has 2 rings (SSSR count). The highest BCUT2D eigenvalue weighted by atomic mass is 19.2. The van der Waals surface area contributed by atoms with Crippen molar-refractivity contribution in [3.8, 4) is 0 Å². The molecule has 0 saturated heterocycles. The second-order valence-electron chi connectivity index (χ2n) is 5.06. The third kappa shape index (κ3) is 4.83. The summed E-state index contributed by atoms with van der Waals surface area (Å²) in [5.41, 5.74) is 0.426. The molecule has 0 fully saturated rings. The van der Waals surface area contributed by atoms with Gasteiger partial charge in [0.05, 0.1) is 6.42 Å². The van der Waals surface area contributed by atoms with Gasteiger partial charge in [0, 0.05) is 18.1 Å². The standard InChI is InChI=1S/C18H13F3O3/c19-15-9-17(21)16(20)8-14(15)6-13(10-22)7-18(23)24-11-12-4-2-1-3-5-12/h1-5,8-9H,6-7,11H2. The summed E-state index contributed by atoms with van der Waals surface area (Å²) in [7, 11) is 0. The number of benzene rings is 2. The topological polar surface area (TPSA) is 43.4 Å². The van der Waals surface area contributed by atoms with Gasteiger partial charge >= 0.3 is 5.97 Å². The van der Waals surface area contributed by atoms with Crippen LogP contribution in [-0.4, -0.2) is 11.9 Å². The first-order chi connectivity index (χ1) is 11.5. The zero-order valence-corrected chi connectivity index (χ0v) is 12.5. The van der Waals surface area contributed by atoms with E-state index in [1.165, 1.54) is 5.94 Å². The molecule has 2 aromatic rings. The molecular weight excluding hydrogens is 321 g/mol. The lowest BCUT2D eigenvalue weighted by Gasteiger charge is -2.07. The van der Waals surface area contributed by atoms with E-state index in [9.17, 15) is 22.8 Å². The Hall–Kier alpha value is -2.85. The SMILES string of the molecule is O=C=C(CC(=O)OCc1ccccc1)Cc1cc(F)c(F)cc1F. The van der Waals surface area contributed by atoms with E-state index in [0.29, 0.717) is 12.1 Å². The van der Waals surface area contributed by atoms with Crippen molar-refractivity contribution in [3.05, 3.63) is 76.6 Å². The predicted molar refractivity (Wildman–Crippen MR) is 80.1 cm³/mol. The second kappa shape index (κ2) is 8.13. The van der Waals surface area contributed by atoms with Gasteiger partial charge in [0.1, 0.15) is 18.4 Å². The van der Waals surface area contributed by atoms with Gasteiger partial charge in [-0.1, -0.05) is 30.3 Å². The Bertz CT molecular complexity index is 782. The Morgan fingerprint density at radius 1 is 1.00 bits per heavy atom. The molecular formula is C18H13F3O3.